The summed E-state index contributed by atoms with van der Waals surface area (Å²) in [4.78, 5) is 8.19. The van der Waals surface area contributed by atoms with Gasteiger partial charge in [0.25, 0.3) is 0 Å². The second kappa shape index (κ2) is 4.69. The highest BCUT2D eigenvalue weighted by atomic mass is 16.5. The van der Waals surface area contributed by atoms with E-state index in [0.29, 0.717) is 22.9 Å². The minimum atomic E-state index is 0.0220. The van der Waals surface area contributed by atoms with Crippen LogP contribution in [0.2, 0.25) is 0 Å². The standard InChI is InChI=1S/C12H12N2O3/c1-16-9-5-3-4-8(11(9)15)10-12(17-2)14-7-6-13-10/h3-7,15H,1-2H3. The van der Waals surface area contributed by atoms with Crippen molar-refractivity contribution in [3.8, 4) is 28.6 Å². The lowest BCUT2D eigenvalue weighted by Crippen LogP contribution is -1.94. The van der Waals surface area contributed by atoms with E-state index in [2.05, 4.69) is 9.97 Å². The summed E-state index contributed by atoms with van der Waals surface area (Å²) >= 11 is 0. The van der Waals surface area contributed by atoms with Gasteiger partial charge in [-0.2, -0.15) is 0 Å². The Morgan fingerprint density at radius 2 is 1.82 bits per heavy atom. The van der Waals surface area contributed by atoms with E-state index in [1.54, 1.807) is 18.2 Å². The minimum absolute atomic E-state index is 0.0220. The first-order valence-corrected chi connectivity index (χ1v) is 4.99. The van der Waals surface area contributed by atoms with Crippen molar-refractivity contribution >= 4 is 0 Å². The summed E-state index contributed by atoms with van der Waals surface area (Å²) in [6.45, 7) is 0. The van der Waals surface area contributed by atoms with Crippen molar-refractivity contribution < 1.29 is 14.6 Å². The fraction of sp³-hybridized carbons (Fsp3) is 0.167. The highest BCUT2D eigenvalue weighted by molar-refractivity contribution is 5.73. The molecular formula is C12H12N2O3. The largest absolute Gasteiger partial charge is 0.504 e. The highest BCUT2D eigenvalue weighted by Gasteiger charge is 2.15. The first-order chi connectivity index (χ1) is 8.27. The van der Waals surface area contributed by atoms with Crippen molar-refractivity contribution in [1.29, 1.82) is 0 Å². The van der Waals surface area contributed by atoms with Crippen LogP contribution in [0.4, 0.5) is 0 Å². The van der Waals surface area contributed by atoms with Gasteiger partial charge in [-0.05, 0) is 12.1 Å². The molecule has 0 fully saturated rings. The summed E-state index contributed by atoms with van der Waals surface area (Å²) in [5, 5.41) is 10.0. The highest BCUT2D eigenvalue weighted by Crippen LogP contribution is 2.38. The van der Waals surface area contributed by atoms with Gasteiger partial charge in [-0.15, -0.1) is 0 Å². The number of phenolic OH excluding ortho intramolecular Hbond substituents is 1. The summed E-state index contributed by atoms with van der Waals surface area (Å²) in [7, 11) is 3.00. The molecule has 0 aliphatic rings. The lowest BCUT2D eigenvalue weighted by Gasteiger charge is -2.10. The van der Waals surface area contributed by atoms with Crippen molar-refractivity contribution in [3.05, 3.63) is 30.6 Å². The van der Waals surface area contributed by atoms with E-state index in [-0.39, 0.29) is 5.75 Å². The minimum Gasteiger partial charge on any atom is -0.504 e. The maximum absolute atomic E-state index is 10.0. The molecule has 1 aromatic heterocycles. The van der Waals surface area contributed by atoms with E-state index in [9.17, 15) is 5.11 Å². The Bertz CT molecular complexity index is 529. The Hall–Kier alpha value is -2.30. The Morgan fingerprint density at radius 1 is 1.06 bits per heavy atom. The molecule has 0 bridgehead atoms. The molecule has 0 saturated heterocycles. The molecular weight excluding hydrogens is 220 g/mol. The Kier molecular flexibility index (Phi) is 3.09. The number of methoxy groups -OCH3 is 2. The van der Waals surface area contributed by atoms with Crippen LogP contribution in [0.25, 0.3) is 11.3 Å². The fourth-order valence-corrected chi connectivity index (χ4v) is 1.54. The Morgan fingerprint density at radius 3 is 2.53 bits per heavy atom. The molecule has 5 nitrogen and oxygen atoms in total. The van der Waals surface area contributed by atoms with E-state index >= 15 is 0 Å². The molecule has 0 aliphatic heterocycles. The third kappa shape index (κ3) is 1.99. The number of aromatic hydroxyl groups is 1. The fourth-order valence-electron chi connectivity index (χ4n) is 1.54. The number of hydrogen-bond acceptors (Lipinski definition) is 5. The molecule has 1 N–H and O–H groups in total. The maximum atomic E-state index is 10.0. The predicted octanol–water partition coefficient (Wildman–Crippen LogP) is 1.87. The summed E-state index contributed by atoms with van der Waals surface area (Å²) < 4.78 is 10.1. The molecule has 1 aromatic carbocycles. The number of ether oxygens (including phenoxy) is 2. The van der Waals surface area contributed by atoms with Gasteiger partial charge in [0.05, 0.1) is 19.8 Å². The molecule has 0 amide bonds. The zero-order valence-electron chi connectivity index (χ0n) is 9.54. The molecule has 0 saturated carbocycles. The summed E-state index contributed by atoms with van der Waals surface area (Å²) in [5.74, 6) is 0.764. The number of nitrogens with zero attached hydrogens (tertiary/aromatic N) is 2. The van der Waals surface area contributed by atoms with Gasteiger partial charge in [0.2, 0.25) is 5.88 Å². The van der Waals surface area contributed by atoms with Gasteiger partial charge in [0, 0.05) is 12.4 Å². The van der Waals surface area contributed by atoms with Crippen LogP contribution in [0.15, 0.2) is 30.6 Å². The van der Waals surface area contributed by atoms with Gasteiger partial charge < -0.3 is 14.6 Å². The number of benzene rings is 1. The predicted molar refractivity (Wildman–Crippen MR) is 62.2 cm³/mol. The van der Waals surface area contributed by atoms with Crippen LogP contribution in [-0.2, 0) is 0 Å². The summed E-state index contributed by atoms with van der Waals surface area (Å²) in [6.07, 6.45) is 3.07. The molecule has 0 atom stereocenters. The molecule has 2 rings (SSSR count). The van der Waals surface area contributed by atoms with E-state index in [4.69, 9.17) is 9.47 Å². The van der Waals surface area contributed by atoms with Crippen molar-refractivity contribution in [2.75, 3.05) is 14.2 Å². The van der Waals surface area contributed by atoms with Crippen LogP contribution in [0.1, 0.15) is 0 Å². The van der Waals surface area contributed by atoms with Gasteiger partial charge in [-0.1, -0.05) is 6.07 Å². The van der Waals surface area contributed by atoms with E-state index in [1.165, 1.54) is 26.6 Å². The van der Waals surface area contributed by atoms with E-state index < -0.39 is 0 Å². The van der Waals surface area contributed by atoms with Crippen LogP contribution in [-0.4, -0.2) is 29.3 Å². The van der Waals surface area contributed by atoms with Crippen molar-refractivity contribution in [2.24, 2.45) is 0 Å². The smallest absolute Gasteiger partial charge is 0.240 e. The van der Waals surface area contributed by atoms with Crippen molar-refractivity contribution in [3.63, 3.8) is 0 Å². The molecule has 17 heavy (non-hydrogen) atoms. The van der Waals surface area contributed by atoms with E-state index in [1.807, 2.05) is 0 Å². The van der Waals surface area contributed by atoms with Gasteiger partial charge in [0.1, 0.15) is 5.69 Å². The lowest BCUT2D eigenvalue weighted by molar-refractivity contribution is 0.373. The third-order valence-electron chi connectivity index (χ3n) is 2.33. The van der Waals surface area contributed by atoms with Gasteiger partial charge >= 0.3 is 0 Å². The van der Waals surface area contributed by atoms with E-state index in [0.717, 1.165) is 0 Å². The molecule has 0 spiro atoms. The lowest BCUT2D eigenvalue weighted by atomic mass is 10.1. The van der Waals surface area contributed by atoms with Crippen molar-refractivity contribution in [1.82, 2.24) is 9.97 Å². The summed E-state index contributed by atoms with van der Waals surface area (Å²) in [6, 6.07) is 5.16. The number of phenols is 1. The molecule has 0 aliphatic carbocycles. The topological polar surface area (TPSA) is 64.5 Å². The normalized spacial score (nSPS) is 10.0. The number of aromatic nitrogens is 2. The van der Waals surface area contributed by atoms with Gasteiger partial charge in [-0.25, -0.2) is 9.97 Å². The zero-order valence-corrected chi connectivity index (χ0v) is 9.54. The second-order valence-corrected chi connectivity index (χ2v) is 3.27. The quantitative estimate of drug-likeness (QED) is 0.875. The maximum Gasteiger partial charge on any atom is 0.240 e. The first-order valence-electron chi connectivity index (χ1n) is 4.99. The van der Waals surface area contributed by atoms with Gasteiger partial charge in [-0.3, -0.25) is 0 Å². The Labute approximate surface area is 98.7 Å². The number of rotatable bonds is 3. The van der Waals surface area contributed by atoms with Crippen LogP contribution in [0, 0.1) is 0 Å². The Balaban J connectivity index is 2.60. The average Bonchev–Trinajstić information content (AvgIpc) is 2.39. The molecule has 0 radical (unpaired) electrons. The number of hydrogen-bond donors (Lipinski definition) is 1. The average molecular weight is 232 g/mol. The second-order valence-electron chi connectivity index (χ2n) is 3.27. The molecule has 88 valence electrons. The number of para-hydroxylation sites is 1. The van der Waals surface area contributed by atoms with Crippen LogP contribution >= 0.6 is 0 Å². The molecule has 0 unspecified atom stereocenters. The third-order valence-corrected chi connectivity index (χ3v) is 2.33. The molecule has 5 heteroatoms. The van der Waals surface area contributed by atoms with Crippen LogP contribution < -0.4 is 9.47 Å². The van der Waals surface area contributed by atoms with Gasteiger partial charge in [0.15, 0.2) is 11.5 Å². The SMILES string of the molecule is COc1cccc(-c2nccnc2OC)c1O. The van der Waals surface area contributed by atoms with Crippen LogP contribution in [0.5, 0.6) is 17.4 Å². The zero-order chi connectivity index (χ0) is 12.3. The summed E-state index contributed by atoms with van der Waals surface area (Å²) in [5.41, 5.74) is 1.00. The monoisotopic (exact) mass is 232 g/mol. The molecule has 1 heterocycles. The van der Waals surface area contributed by atoms with Crippen molar-refractivity contribution in [2.45, 2.75) is 0 Å². The van der Waals surface area contributed by atoms with Crippen LogP contribution in [0.3, 0.4) is 0 Å². The molecule has 2 aromatic rings. The first kappa shape index (κ1) is 11.2.